The minimum atomic E-state index is -3.73. The van der Waals surface area contributed by atoms with Gasteiger partial charge in [0.05, 0.1) is 0 Å². The third kappa shape index (κ3) is 0.926. The zero-order valence-corrected chi connectivity index (χ0v) is 5.63. The quantitative estimate of drug-likeness (QED) is 0.520. The van der Waals surface area contributed by atoms with E-state index in [1.54, 1.807) is 0 Å². The van der Waals surface area contributed by atoms with E-state index in [1.165, 1.54) is 0 Å². The molecule has 54 valence electrons. The molecule has 0 aromatic heterocycles. The van der Waals surface area contributed by atoms with Gasteiger partial charge in [0, 0.05) is 6.21 Å². The van der Waals surface area contributed by atoms with Gasteiger partial charge in [-0.25, -0.2) is 0 Å². The number of nitrogens with zero attached hydrogens (tertiary/aromatic N) is 1. The molecular weight excluding hydrogens is 156 g/mol. The van der Waals surface area contributed by atoms with Gasteiger partial charge in [0.1, 0.15) is 0 Å². The zero-order valence-electron chi connectivity index (χ0n) is 4.81. The van der Waals surface area contributed by atoms with E-state index in [4.69, 9.17) is 5.73 Å². The second-order valence-electron chi connectivity index (χ2n) is 1.62. The second kappa shape index (κ2) is 1.91. The molecule has 1 rings (SSSR count). The maximum atomic E-state index is 10.6. The van der Waals surface area contributed by atoms with Crippen LogP contribution in [0.25, 0.3) is 0 Å². The molecule has 0 atom stereocenters. The molecule has 0 aromatic rings. The van der Waals surface area contributed by atoms with E-state index in [1.807, 2.05) is 0 Å². The smallest absolute Gasteiger partial charge is 0.287 e. The first-order valence-corrected chi connectivity index (χ1v) is 3.78. The number of nitrogens with two attached hydrogens (primary N) is 1. The number of carbonyl (C=O) groups is 1. The summed E-state index contributed by atoms with van der Waals surface area (Å²) in [5.74, 6) is -0.975. The first kappa shape index (κ1) is 6.94. The monoisotopic (exact) mass is 160 g/mol. The number of amides is 1. The number of primary amides is 1. The summed E-state index contributed by atoms with van der Waals surface area (Å²) in [5.41, 5.74) is 4.71. The first-order chi connectivity index (χ1) is 4.54. The van der Waals surface area contributed by atoms with Crippen LogP contribution >= 0.6 is 0 Å². The van der Waals surface area contributed by atoms with Gasteiger partial charge < -0.3 is 5.73 Å². The van der Waals surface area contributed by atoms with Crippen molar-refractivity contribution in [2.24, 2.45) is 10.1 Å². The Morgan fingerprint density at radius 3 is 2.40 bits per heavy atom. The number of hydrogen-bond donors (Lipinski definition) is 1. The van der Waals surface area contributed by atoms with Crippen molar-refractivity contribution in [2.75, 3.05) is 0 Å². The van der Waals surface area contributed by atoms with E-state index in [0.717, 1.165) is 12.3 Å². The van der Waals surface area contributed by atoms with Crippen molar-refractivity contribution in [3.05, 3.63) is 11.0 Å². The van der Waals surface area contributed by atoms with Crippen LogP contribution in [0.5, 0.6) is 0 Å². The Kier molecular flexibility index (Phi) is 1.33. The Morgan fingerprint density at radius 2 is 2.20 bits per heavy atom. The predicted molar refractivity (Wildman–Crippen MR) is 34.7 cm³/mol. The van der Waals surface area contributed by atoms with E-state index in [-0.39, 0.29) is 0 Å². The summed E-state index contributed by atoms with van der Waals surface area (Å²) in [6, 6.07) is 0. The lowest BCUT2D eigenvalue weighted by Crippen LogP contribution is -2.17. The Balaban J connectivity index is 3.18. The third-order valence-corrected chi connectivity index (χ3v) is 2.24. The van der Waals surface area contributed by atoms with Crippen molar-refractivity contribution in [1.29, 1.82) is 0 Å². The van der Waals surface area contributed by atoms with Crippen molar-refractivity contribution in [1.82, 2.24) is 0 Å². The molecule has 0 aromatic carbocycles. The number of allylic oxidation sites excluding steroid dienone is 1. The molecule has 0 fully saturated rings. The van der Waals surface area contributed by atoms with Gasteiger partial charge in [0.2, 0.25) is 0 Å². The molecule has 0 saturated heterocycles. The summed E-state index contributed by atoms with van der Waals surface area (Å²) < 4.78 is 24.3. The van der Waals surface area contributed by atoms with Crippen LogP contribution in [0.15, 0.2) is 15.4 Å². The molecule has 1 aliphatic rings. The molecule has 2 N–H and O–H groups in total. The maximum Gasteiger partial charge on any atom is 0.287 e. The van der Waals surface area contributed by atoms with E-state index < -0.39 is 20.8 Å². The molecule has 0 radical (unpaired) electrons. The summed E-state index contributed by atoms with van der Waals surface area (Å²) >= 11 is 0. The average Bonchev–Trinajstić information content (AvgIpc) is 2.08. The normalized spacial score (nSPS) is 20.6. The van der Waals surface area contributed by atoms with Gasteiger partial charge in [-0.1, -0.05) is 0 Å². The minimum absolute atomic E-state index is 0.451. The van der Waals surface area contributed by atoms with Crippen LogP contribution in [0.4, 0.5) is 0 Å². The van der Waals surface area contributed by atoms with Crippen LogP contribution in [-0.4, -0.2) is 20.5 Å². The van der Waals surface area contributed by atoms with Gasteiger partial charge in [0.25, 0.3) is 15.9 Å². The zero-order chi connectivity index (χ0) is 7.78. The average molecular weight is 160 g/mol. The van der Waals surface area contributed by atoms with E-state index in [0.29, 0.717) is 0 Å². The predicted octanol–water partition coefficient (Wildman–Crippen LogP) is -1.23. The van der Waals surface area contributed by atoms with Gasteiger partial charge in [0.15, 0.2) is 4.91 Å². The Labute approximate surface area is 57.3 Å². The highest BCUT2D eigenvalue weighted by Gasteiger charge is 2.23. The molecule has 0 saturated carbocycles. The topological polar surface area (TPSA) is 89.6 Å². The highest BCUT2D eigenvalue weighted by Crippen LogP contribution is 2.11. The minimum Gasteiger partial charge on any atom is -0.365 e. The van der Waals surface area contributed by atoms with Crippen molar-refractivity contribution < 1.29 is 13.2 Å². The summed E-state index contributed by atoms with van der Waals surface area (Å²) in [4.78, 5) is 9.86. The molecule has 1 heterocycles. The van der Waals surface area contributed by atoms with Gasteiger partial charge in [-0.2, -0.15) is 12.8 Å². The molecule has 0 unspecified atom stereocenters. The van der Waals surface area contributed by atoms with Crippen LogP contribution < -0.4 is 5.73 Å². The van der Waals surface area contributed by atoms with Gasteiger partial charge in [-0.05, 0) is 6.08 Å². The molecule has 0 aliphatic carbocycles. The van der Waals surface area contributed by atoms with Crippen LogP contribution in [0, 0.1) is 0 Å². The molecule has 0 bridgehead atoms. The second-order valence-corrected chi connectivity index (χ2v) is 3.23. The van der Waals surface area contributed by atoms with Crippen LogP contribution in [0.1, 0.15) is 0 Å². The molecule has 1 aliphatic heterocycles. The Bertz CT molecular complexity index is 324. The fourth-order valence-electron chi connectivity index (χ4n) is 0.530. The van der Waals surface area contributed by atoms with E-state index in [2.05, 4.69) is 4.40 Å². The number of sulfonamides is 1. The molecular formula is C4H4N2O3S. The highest BCUT2D eigenvalue weighted by atomic mass is 32.2. The van der Waals surface area contributed by atoms with Crippen molar-refractivity contribution >= 4 is 22.1 Å². The largest absolute Gasteiger partial charge is 0.365 e. The lowest BCUT2D eigenvalue weighted by Gasteiger charge is -1.90. The number of hydrogen-bond acceptors (Lipinski definition) is 3. The Morgan fingerprint density at radius 1 is 1.60 bits per heavy atom. The SMILES string of the molecule is NC(=O)C1=CC=NS1(=O)=O. The lowest BCUT2D eigenvalue weighted by atomic mass is 10.5. The van der Waals surface area contributed by atoms with Gasteiger partial charge in [-0.3, -0.25) is 4.79 Å². The van der Waals surface area contributed by atoms with Crippen molar-refractivity contribution in [3.63, 3.8) is 0 Å². The van der Waals surface area contributed by atoms with Crippen molar-refractivity contribution in [3.8, 4) is 0 Å². The number of rotatable bonds is 1. The maximum absolute atomic E-state index is 10.6. The molecule has 10 heavy (non-hydrogen) atoms. The van der Waals surface area contributed by atoms with Gasteiger partial charge in [-0.15, -0.1) is 0 Å². The fraction of sp³-hybridized carbons (Fsp3) is 0. The molecule has 0 spiro atoms. The molecule has 6 heteroatoms. The summed E-state index contributed by atoms with van der Waals surface area (Å²) in [7, 11) is -3.73. The summed E-state index contributed by atoms with van der Waals surface area (Å²) in [6.07, 6.45) is 2.09. The third-order valence-electron chi connectivity index (χ3n) is 0.946. The first-order valence-electron chi connectivity index (χ1n) is 2.34. The Hall–Kier alpha value is -1.17. The van der Waals surface area contributed by atoms with Crippen LogP contribution in [0.2, 0.25) is 0 Å². The standard InChI is InChI=1S/C4H4N2O3S/c5-4(7)3-1-2-6-10(3,8)9/h1-2H,(H2,5,7). The van der Waals surface area contributed by atoms with E-state index >= 15 is 0 Å². The highest BCUT2D eigenvalue weighted by molar-refractivity contribution is 7.95. The lowest BCUT2D eigenvalue weighted by molar-refractivity contribution is -0.113. The van der Waals surface area contributed by atoms with Crippen LogP contribution in [-0.2, 0) is 14.8 Å². The fourth-order valence-corrected chi connectivity index (χ4v) is 1.35. The number of carbonyl (C=O) groups excluding carboxylic acids is 1. The van der Waals surface area contributed by atoms with Crippen LogP contribution in [0.3, 0.4) is 0 Å². The summed E-state index contributed by atoms with van der Waals surface area (Å²) in [5, 5.41) is 0. The van der Waals surface area contributed by atoms with Crippen molar-refractivity contribution in [2.45, 2.75) is 0 Å². The van der Waals surface area contributed by atoms with E-state index in [9.17, 15) is 13.2 Å². The van der Waals surface area contributed by atoms with Gasteiger partial charge >= 0.3 is 0 Å². The summed E-state index contributed by atoms with van der Waals surface area (Å²) in [6.45, 7) is 0. The molecule has 5 nitrogen and oxygen atoms in total. The molecule has 1 amide bonds.